The van der Waals surface area contributed by atoms with Crippen LogP contribution in [0.25, 0.3) is 0 Å². The maximum atomic E-state index is 2.89. The summed E-state index contributed by atoms with van der Waals surface area (Å²) >= 11 is 0. The molecule has 0 N–H and O–H groups in total. The van der Waals surface area contributed by atoms with Crippen LogP contribution in [0.3, 0.4) is 0 Å². The monoisotopic (exact) mass is 270 g/mol. The summed E-state index contributed by atoms with van der Waals surface area (Å²) in [5, 5.41) is 0. The van der Waals surface area contributed by atoms with Crippen LogP contribution in [0.2, 0.25) is 0 Å². The van der Waals surface area contributed by atoms with Crippen LogP contribution in [0.15, 0.2) is 30.3 Å². The SMILES string of the molecule is [Ir].[c-]1ccccc1. The molecule has 1 aromatic rings. The van der Waals surface area contributed by atoms with Crippen LogP contribution in [-0.4, -0.2) is 0 Å². The predicted octanol–water partition coefficient (Wildman–Crippen LogP) is 1.48. The fraction of sp³-hybridized carbons (Fsp3) is 0. The summed E-state index contributed by atoms with van der Waals surface area (Å²) in [6.07, 6.45) is 0. The van der Waals surface area contributed by atoms with Crippen LogP contribution < -0.4 is 0 Å². The first kappa shape index (κ1) is 6.87. The molecule has 1 heteroatoms. The second-order valence-corrected chi connectivity index (χ2v) is 1.08. The fourth-order valence-corrected chi connectivity index (χ4v) is 0.342. The van der Waals surface area contributed by atoms with Crippen LogP contribution in [0, 0.1) is 6.07 Å². The molecule has 0 bridgehead atoms. The van der Waals surface area contributed by atoms with Crippen LogP contribution in [-0.2, 0) is 20.1 Å². The van der Waals surface area contributed by atoms with E-state index in [1.165, 1.54) is 0 Å². The third kappa shape index (κ3) is 2.55. The Bertz CT molecular complexity index is 76.1. The minimum atomic E-state index is 0. The standard InChI is InChI=1S/C6H5.Ir/c1-2-4-6-5-3-1;/h1-5H;/q-1;. The first-order chi connectivity index (χ1) is 3.00. The van der Waals surface area contributed by atoms with Crippen LogP contribution in [0.1, 0.15) is 0 Å². The van der Waals surface area contributed by atoms with E-state index in [4.69, 9.17) is 0 Å². The first-order valence-corrected chi connectivity index (χ1v) is 1.91. The molecule has 0 saturated heterocycles. The average Bonchev–Trinajstić information content (AvgIpc) is 1.72. The largest absolute Gasteiger partial charge is 0.184 e. The van der Waals surface area contributed by atoms with Crippen molar-refractivity contribution >= 4 is 0 Å². The van der Waals surface area contributed by atoms with Gasteiger partial charge in [0.05, 0.1) is 0 Å². The van der Waals surface area contributed by atoms with Crippen molar-refractivity contribution in [1.29, 1.82) is 0 Å². The Labute approximate surface area is 56.9 Å². The number of rotatable bonds is 0. The summed E-state index contributed by atoms with van der Waals surface area (Å²) in [6, 6.07) is 12.5. The zero-order valence-corrected chi connectivity index (χ0v) is 6.12. The Balaban J connectivity index is 0.000000360. The van der Waals surface area contributed by atoms with Crippen molar-refractivity contribution < 1.29 is 20.1 Å². The van der Waals surface area contributed by atoms with Gasteiger partial charge in [0.25, 0.3) is 0 Å². The van der Waals surface area contributed by atoms with E-state index in [0.29, 0.717) is 0 Å². The first-order valence-electron chi connectivity index (χ1n) is 1.91. The molecule has 0 amide bonds. The van der Waals surface area contributed by atoms with Gasteiger partial charge >= 0.3 is 0 Å². The summed E-state index contributed by atoms with van der Waals surface area (Å²) < 4.78 is 0. The van der Waals surface area contributed by atoms with E-state index in [1.54, 1.807) is 0 Å². The minimum absolute atomic E-state index is 0. The maximum absolute atomic E-state index is 2.89. The Morgan fingerprint density at radius 2 is 1.43 bits per heavy atom. The molecule has 39 valence electrons. The third-order valence-electron chi connectivity index (χ3n) is 0.607. The second kappa shape index (κ2) is 4.04. The molecule has 0 fully saturated rings. The zero-order chi connectivity index (χ0) is 4.24. The molecule has 0 atom stereocenters. The molecule has 0 aliphatic heterocycles. The molecule has 0 nitrogen and oxygen atoms in total. The van der Waals surface area contributed by atoms with E-state index in [-0.39, 0.29) is 20.1 Å². The maximum Gasteiger partial charge on any atom is 0 e. The third-order valence-corrected chi connectivity index (χ3v) is 0.607. The molecule has 0 aliphatic carbocycles. The van der Waals surface area contributed by atoms with E-state index >= 15 is 0 Å². The van der Waals surface area contributed by atoms with E-state index in [0.717, 1.165) is 0 Å². The summed E-state index contributed by atoms with van der Waals surface area (Å²) in [7, 11) is 0. The van der Waals surface area contributed by atoms with Gasteiger partial charge in [0.15, 0.2) is 0 Å². The summed E-state index contributed by atoms with van der Waals surface area (Å²) in [5.74, 6) is 0. The van der Waals surface area contributed by atoms with Crippen molar-refractivity contribution in [2.75, 3.05) is 0 Å². The molecule has 0 aliphatic rings. The van der Waals surface area contributed by atoms with Crippen molar-refractivity contribution in [2.45, 2.75) is 0 Å². The molecular formula is C6H5Ir-. The van der Waals surface area contributed by atoms with Crippen LogP contribution in [0.4, 0.5) is 0 Å². The van der Waals surface area contributed by atoms with Gasteiger partial charge in [-0.05, 0) is 0 Å². The summed E-state index contributed by atoms with van der Waals surface area (Å²) in [6.45, 7) is 0. The molecule has 0 heterocycles. The molecular weight excluding hydrogens is 264 g/mol. The van der Waals surface area contributed by atoms with Gasteiger partial charge in [-0.1, -0.05) is 0 Å². The van der Waals surface area contributed by atoms with Gasteiger partial charge in [-0.25, -0.2) is 0 Å². The molecule has 7 heavy (non-hydrogen) atoms. The minimum Gasteiger partial charge on any atom is -0.184 e. The summed E-state index contributed by atoms with van der Waals surface area (Å²) in [4.78, 5) is 0. The Kier molecular flexibility index (Phi) is 3.96. The van der Waals surface area contributed by atoms with Crippen molar-refractivity contribution in [3.8, 4) is 0 Å². The smallest absolute Gasteiger partial charge is 0 e. The van der Waals surface area contributed by atoms with Gasteiger partial charge in [-0.3, -0.25) is 0 Å². The van der Waals surface area contributed by atoms with Crippen LogP contribution in [0.5, 0.6) is 0 Å². The molecule has 0 unspecified atom stereocenters. The molecule has 1 rings (SSSR count). The van der Waals surface area contributed by atoms with Crippen molar-refractivity contribution in [3.63, 3.8) is 0 Å². The second-order valence-electron chi connectivity index (χ2n) is 1.08. The number of benzene rings is 1. The van der Waals surface area contributed by atoms with E-state index < -0.39 is 0 Å². The van der Waals surface area contributed by atoms with Gasteiger partial charge in [0.2, 0.25) is 0 Å². The summed E-state index contributed by atoms with van der Waals surface area (Å²) in [5.41, 5.74) is 0. The molecule has 0 aromatic heterocycles. The Hall–Kier alpha value is -0.131. The van der Waals surface area contributed by atoms with Gasteiger partial charge < -0.3 is 0 Å². The molecule has 1 aromatic carbocycles. The van der Waals surface area contributed by atoms with E-state index in [9.17, 15) is 0 Å². The molecule has 0 spiro atoms. The van der Waals surface area contributed by atoms with Gasteiger partial charge in [0, 0.05) is 20.1 Å². The molecule has 1 radical (unpaired) electrons. The average molecular weight is 269 g/mol. The molecule has 0 saturated carbocycles. The number of hydrogen-bond donors (Lipinski definition) is 0. The normalized spacial score (nSPS) is 6.86. The van der Waals surface area contributed by atoms with Crippen LogP contribution >= 0.6 is 0 Å². The van der Waals surface area contributed by atoms with Gasteiger partial charge in [-0.15, -0.1) is 0 Å². The Morgan fingerprint density at radius 3 is 1.57 bits per heavy atom. The fourth-order valence-electron chi connectivity index (χ4n) is 0.342. The quantitative estimate of drug-likeness (QED) is 0.626. The zero-order valence-electron chi connectivity index (χ0n) is 3.72. The van der Waals surface area contributed by atoms with E-state index in [1.807, 2.05) is 30.3 Å². The van der Waals surface area contributed by atoms with Gasteiger partial charge in [0.1, 0.15) is 0 Å². The van der Waals surface area contributed by atoms with E-state index in [2.05, 4.69) is 6.07 Å². The van der Waals surface area contributed by atoms with Crippen molar-refractivity contribution in [2.24, 2.45) is 0 Å². The van der Waals surface area contributed by atoms with Gasteiger partial charge in [-0.2, -0.15) is 36.4 Å². The predicted molar refractivity (Wildman–Crippen MR) is 25.3 cm³/mol. The van der Waals surface area contributed by atoms with Crippen molar-refractivity contribution in [1.82, 2.24) is 0 Å². The number of hydrogen-bond acceptors (Lipinski definition) is 0. The topological polar surface area (TPSA) is 0 Å². The Morgan fingerprint density at radius 1 is 0.857 bits per heavy atom. The van der Waals surface area contributed by atoms with Crippen molar-refractivity contribution in [3.05, 3.63) is 36.4 Å².